The monoisotopic (exact) mass is 466 g/mol. The summed E-state index contributed by atoms with van der Waals surface area (Å²) in [5.74, 6) is 0.931. The van der Waals surface area contributed by atoms with E-state index in [1.54, 1.807) is 18.6 Å². The minimum atomic E-state index is 0.0838. The van der Waals surface area contributed by atoms with Gasteiger partial charge in [-0.1, -0.05) is 24.4 Å². The fourth-order valence-corrected chi connectivity index (χ4v) is 5.06. The van der Waals surface area contributed by atoms with Crippen LogP contribution in [0.4, 0.5) is 11.6 Å². The van der Waals surface area contributed by atoms with Gasteiger partial charge in [0.25, 0.3) is 0 Å². The summed E-state index contributed by atoms with van der Waals surface area (Å²) in [5, 5.41) is 22.1. The van der Waals surface area contributed by atoms with Gasteiger partial charge in [0.1, 0.15) is 0 Å². The highest BCUT2D eigenvalue weighted by Gasteiger charge is 2.27. The SMILES string of the molecule is N#CC[C@H](C1CCCC1)n1cc(-c2nc(Nc3cnn(C4CCOCC4)c3)ncc2Cl)cn1. The van der Waals surface area contributed by atoms with E-state index in [-0.39, 0.29) is 6.04 Å². The molecule has 1 aliphatic heterocycles. The van der Waals surface area contributed by atoms with Gasteiger partial charge in [-0.05, 0) is 31.6 Å². The Morgan fingerprint density at radius 2 is 1.94 bits per heavy atom. The summed E-state index contributed by atoms with van der Waals surface area (Å²) in [7, 11) is 0. The summed E-state index contributed by atoms with van der Waals surface area (Å²) < 4.78 is 9.33. The van der Waals surface area contributed by atoms with Crippen molar-refractivity contribution in [2.24, 2.45) is 5.92 Å². The van der Waals surface area contributed by atoms with Gasteiger partial charge in [-0.3, -0.25) is 9.36 Å². The highest BCUT2D eigenvalue weighted by Crippen LogP contribution is 2.37. The van der Waals surface area contributed by atoms with Crippen LogP contribution in [-0.4, -0.2) is 42.7 Å². The Balaban J connectivity index is 1.34. The summed E-state index contributed by atoms with van der Waals surface area (Å²) in [6, 6.07) is 2.76. The lowest BCUT2D eigenvalue weighted by atomic mass is 9.96. The van der Waals surface area contributed by atoms with E-state index < -0.39 is 0 Å². The first kappa shape index (κ1) is 21.9. The van der Waals surface area contributed by atoms with Crippen molar-refractivity contribution in [3.8, 4) is 17.3 Å². The number of nitrogens with one attached hydrogen (secondary N) is 1. The lowest BCUT2D eigenvalue weighted by molar-refractivity contribution is 0.0662. The number of hydrogen-bond donors (Lipinski definition) is 1. The van der Waals surface area contributed by atoms with Gasteiger partial charge in [-0.15, -0.1) is 0 Å². The summed E-state index contributed by atoms with van der Waals surface area (Å²) in [6.45, 7) is 1.53. The van der Waals surface area contributed by atoms with Crippen LogP contribution in [0.25, 0.3) is 11.3 Å². The normalized spacial score (nSPS) is 18.3. The fourth-order valence-electron chi connectivity index (χ4n) is 4.86. The van der Waals surface area contributed by atoms with Crippen molar-refractivity contribution in [1.82, 2.24) is 29.5 Å². The number of nitriles is 1. The number of anilines is 2. The topological polar surface area (TPSA) is 106 Å². The molecule has 172 valence electrons. The molecule has 1 N–H and O–H groups in total. The molecule has 2 aliphatic rings. The van der Waals surface area contributed by atoms with Crippen LogP contribution in [0.1, 0.15) is 57.0 Å². The molecule has 10 heteroatoms. The van der Waals surface area contributed by atoms with Gasteiger partial charge in [0.05, 0.1) is 59.6 Å². The van der Waals surface area contributed by atoms with Gasteiger partial charge in [-0.2, -0.15) is 15.5 Å². The molecule has 1 saturated carbocycles. The molecule has 5 rings (SSSR count). The van der Waals surface area contributed by atoms with Crippen LogP contribution in [-0.2, 0) is 4.74 Å². The minimum absolute atomic E-state index is 0.0838. The largest absolute Gasteiger partial charge is 0.381 e. The van der Waals surface area contributed by atoms with E-state index in [1.807, 2.05) is 21.8 Å². The van der Waals surface area contributed by atoms with E-state index in [9.17, 15) is 5.26 Å². The summed E-state index contributed by atoms with van der Waals surface area (Å²) in [4.78, 5) is 8.98. The van der Waals surface area contributed by atoms with E-state index in [4.69, 9.17) is 16.3 Å². The Morgan fingerprint density at radius 3 is 2.73 bits per heavy atom. The Morgan fingerprint density at radius 1 is 1.12 bits per heavy atom. The zero-order valence-corrected chi connectivity index (χ0v) is 19.2. The van der Waals surface area contributed by atoms with Crippen molar-refractivity contribution in [2.75, 3.05) is 18.5 Å². The number of ether oxygens (including phenoxy) is 1. The molecule has 2 fully saturated rings. The van der Waals surface area contributed by atoms with Crippen molar-refractivity contribution >= 4 is 23.2 Å². The second-order valence-corrected chi connectivity index (χ2v) is 9.16. The van der Waals surface area contributed by atoms with Crippen LogP contribution < -0.4 is 5.32 Å². The first-order valence-electron chi connectivity index (χ1n) is 11.5. The number of nitrogens with zero attached hydrogens (tertiary/aromatic N) is 7. The maximum atomic E-state index is 9.33. The number of aromatic nitrogens is 6. The van der Waals surface area contributed by atoms with Crippen LogP contribution >= 0.6 is 11.6 Å². The van der Waals surface area contributed by atoms with Gasteiger partial charge >= 0.3 is 0 Å². The second-order valence-electron chi connectivity index (χ2n) is 8.75. The van der Waals surface area contributed by atoms with Gasteiger partial charge in [0.2, 0.25) is 5.95 Å². The van der Waals surface area contributed by atoms with Crippen molar-refractivity contribution in [3.05, 3.63) is 36.0 Å². The summed E-state index contributed by atoms with van der Waals surface area (Å²) >= 11 is 6.45. The smallest absolute Gasteiger partial charge is 0.227 e. The summed E-state index contributed by atoms with van der Waals surface area (Å²) in [5.41, 5.74) is 2.24. The standard InChI is InChI=1S/C23H27ClN8O/c24-20-13-26-23(29-18-12-28-31(15-18)19-6-9-33-10-7-19)30-22(20)17-11-27-32(14-17)21(5-8-25)16-3-1-2-4-16/h11-16,19,21H,1-7,9-10H2,(H,26,29,30)/t21-/m1/s1. The van der Waals surface area contributed by atoms with Gasteiger partial charge in [0, 0.05) is 31.2 Å². The summed E-state index contributed by atoms with van der Waals surface area (Å²) in [6.07, 6.45) is 16.2. The third kappa shape index (κ3) is 4.87. The maximum absolute atomic E-state index is 9.33. The van der Waals surface area contributed by atoms with Gasteiger partial charge in [0.15, 0.2) is 0 Å². The lowest BCUT2D eigenvalue weighted by Gasteiger charge is -2.22. The van der Waals surface area contributed by atoms with Crippen LogP contribution in [0, 0.1) is 17.2 Å². The van der Waals surface area contributed by atoms with Crippen LogP contribution in [0.5, 0.6) is 0 Å². The molecule has 0 bridgehead atoms. The minimum Gasteiger partial charge on any atom is -0.381 e. The third-order valence-corrected chi connectivity index (χ3v) is 6.90. The van der Waals surface area contributed by atoms with E-state index >= 15 is 0 Å². The predicted molar refractivity (Wildman–Crippen MR) is 124 cm³/mol. The van der Waals surface area contributed by atoms with Crippen LogP contribution in [0.15, 0.2) is 31.0 Å². The van der Waals surface area contributed by atoms with Crippen molar-refractivity contribution < 1.29 is 4.74 Å². The van der Waals surface area contributed by atoms with E-state index in [0.29, 0.717) is 35.0 Å². The molecule has 0 radical (unpaired) electrons. The first-order chi connectivity index (χ1) is 16.2. The molecule has 1 atom stereocenters. The quantitative estimate of drug-likeness (QED) is 0.526. The lowest BCUT2D eigenvalue weighted by Crippen LogP contribution is -2.19. The maximum Gasteiger partial charge on any atom is 0.227 e. The highest BCUT2D eigenvalue weighted by molar-refractivity contribution is 6.32. The van der Waals surface area contributed by atoms with E-state index in [1.165, 1.54) is 12.8 Å². The van der Waals surface area contributed by atoms with Crippen molar-refractivity contribution in [2.45, 2.75) is 57.0 Å². The van der Waals surface area contributed by atoms with Gasteiger partial charge in [-0.25, -0.2) is 9.97 Å². The Bertz CT molecular complexity index is 1120. The third-order valence-electron chi connectivity index (χ3n) is 6.63. The molecule has 33 heavy (non-hydrogen) atoms. The fraction of sp³-hybridized carbons (Fsp3) is 0.522. The predicted octanol–water partition coefficient (Wildman–Crippen LogP) is 4.93. The molecule has 0 amide bonds. The second kappa shape index (κ2) is 9.89. The van der Waals surface area contributed by atoms with E-state index in [0.717, 1.165) is 50.1 Å². The molecule has 4 heterocycles. The van der Waals surface area contributed by atoms with Crippen LogP contribution in [0.3, 0.4) is 0 Å². The number of rotatable bonds is 7. The van der Waals surface area contributed by atoms with Crippen LogP contribution in [0.2, 0.25) is 5.02 Å². The average molecular weight is 467 g/mol. The molecule has 3 aromatic heterocycles. The molecule has 0 unspecified atom stereocenters. The molecule has 1 aliphatic carbocycles. The molecule has 1 saturated heterocycles. The molecular formula is C23H27ClN8O. The molecular weight excluding hydrogens is 440 g/mol. The zero-order valence-electron chi connectivity index (χ0n) is 18.4. The molecule has 9 nitrogen and oxygen atoms in total. The number of halogens is 1. The number of hydrogen-bond acceptors (Lipinski definition) is 7. The van der Waals surface area contributed by atoms with Crippen molar-refractivity contribution in [3.63, 3.8) is 0 Å². The Labute approximate surface area is 197 Å². The zero-order chi connectivity index (χ0) is 22.6. The first-order valence-corrected chi connectivity index (χ1v) is 11.9. The Kier molecular flexibility index (Phi) is 6.55. The molecule has 3 aromatic rings. The highest BCUT2D eigenvalue weighted by atomic mass is 35.5. The van der Waals surface area contributed by atoms with Crippen molar-refractivity contribution in [1.29, 1.82) is 5.26 Å². The Hall–Kier alpha value is -2.96. The molecule has 0 aromatic carbocycles. The molecule has 0 spiro atoms. The van der Waals surface area contributed by atoms with E-state index in [2.05, 4.69) is 31.6 Å². The average Bonchev–Trinajstić information content (AvgIpc) is 3.62. The van der Waals surface area contributed by atoms with Gasteiger partial charge < -0.3 is 10.1 Å².